The van der Waals surface area contributed by atoms with E-state index in [-0.39, 0.29) is 11.9 Å². The molecule has 1 heterocycles. The number of hydrogen-bond donors (Lipinski definition) is 0. The SMILES string of the molecule is CC(=O)N(C)C1C(N2CCCC2)=Cc2ccccc21.Clc1ccccc1Cl. The predicted molar refractivity (Wildman–Crippen MR) is 113 cm³/mol. The van der Waals surface area contributed by atoms with Crippen molar-refractivity contribution in [1.29, 1.82) is 0 Å². The fourth-order valence-corrected chi connectivity index (χ4v) is 3.83. The molecule has 0 radical (unpaired) electrons. The van der Waals surface area contributed by atoms with Gasteiger partial charge in [-0.3, -0.25) is 4.79 Å². The molecule has 1 fully saturated rings. The van der Waals surface area contributed by atoms with Gasteiger partial charge in [-0.25, -0.2) is 0 Å². The molecule has 2 aromatic carbocycles. The Hall–Kier alpha value is -1.97. The lowest BCUT2D eigenvalue weighted by molar-refractivity contribution is -0.129. The van der Waals surface area contributed by atoms with Crippen molar-refractivity contribution in [3.8, 4) is 0 Å². The van der Waals surface area contributed by atoms with Gasteiger partial charge in [-0.1, -0.05) is 59.6 Å². The van der Waals surface area contributed by atoms with Gasteiger partial charge < -0.3 is 9.80 Å². The average Bonchev–Trinajstić information content (AvgIpc) is 3.31. The quantitative estimate of drug-likeness (QED) is 0.647. The van der Waals surface area contributed by atoms with Crippen molar-refractivity contribution in [1.82, 2.24) is 9.80 Å². The van der Waals surface area contributed by atoms with Crippen LogP contribution >= 0.6 is 23.2 Å². The lowest BCUT2D eigenvalue weighted by Crippen LogP contribution is -2.34. The van der Waals surface area contributed by atoms with Crippen molar-refractivity contribution in [3.63, 3.8) is 0 Å². The summed E-state index contributed by atoms with van der Waals surface area (Å²) in [5.41, 5.74) is 3.79. The van der Waals surface area contributed by atoms with E-state index in [0.29, 0.717) is 10.0 Å². The van der Waals surface area contributed by atoms with Crippen LogP contribution in [0.1, 0.15) is 36.9 Å². The van der Waals surface area contributed by atoms with Crippen LogP contribution in [0.3, 0.4) is 0 Å². The number of likely N-dealkylation sites (tertiary alicyclic amines) is 1. The Bertz CT molecular complexity index is 823. The molecule has 0 aromatic heterocycles. The van der Waals surface area contributed by atoms with Crippen LogP contribution in [0, 0.1) is 0 Å². The van der Waals surface area contributed by atoms with Gasteiger partial charge in [0.05, 0.1) is 16.1 Å². The highest BCUT2D eigenvalue weighted by molar-refractivity contribution is 6.41. The summed E-state index contributed by atoms with van der Waals surface area (Å²) in [6.45, 7) is 3.87. The summed E-state index contributed by atoms with van der Waals surface area (Å²) in [5.74, 6) is 0.117. The third-order valence-corrected chi connectivity index (χ3v) is 5.81. The molecule has 1 aliphatic heterocycles. The van der Waals surface area contributed by atoms with Crippen LogP contribution in [0.4, 0.5) is 0 Å². The van der Waals surface area contributed by atoms with E-state index in [9.17, 15) is 4.79 Å². The number of hydrogen-bond acceptors (Lipinski definition) is 2. The van der Waals surface area contributed by atoms with Gasteiger partial charge in [0.1, 0.15) is 0 Å². The number of carbonyl (C=O) groups is 1. The van der Waals surface area contributed by atoms with Gasteiger partial charge in [0.15, 0.2) is 0 Å². The third-order valence-electron chi connectivity index (χ3n) is 5.05. The molecule has 2 aliphatic rings. The van der Waals surface area contributed by atoms with Gasteiger partial charge in [0.25, 0.3) is 0 Å². The van der Waals surface area contributed by atoms with E-state index < -0.39 is 0 Å². The molecule has 27 heavy (non-hydrogen) atoms. The molecule has 1 atom stereocenters. The van der Waals surface area contributed by atoms with Crippen molar-refractivity contribution in [2.24, 2.45) is 0 Å². The molecule has 1 aliphatic carbocycles. The summed E-state index contributed by atoms with van der Waals surface area (Å²) in [5, 5.41) is 1.21. The highest BCUT2D eigenvalue weighted by Gasteiger charge is 2.33. The van der Waals surface area contributed by atoms with Crippen molar-refractivity contribution >= 4 is 35.2 Å². The van der Waals surface area contributed by atoms with Crippen LogP contribution in [0.5, 0.6) is 0 Å². The van der Waals surface area contributed by atoms with Crippen LogP contribution in [0.2, 0.25) is 10.0 Å². The topological polar surface area (TPSA) is 23.6 Å². The van der Waals surface area contributed by atoms with Gasteiger partial charge in [-0.15, -0.1) is 0 Å². The van der Waals surface area contributed by atoms with Crippen LogP contribution in [0.25, 0.3) is 6.08 Å². The summed E-state index contributed by atoms with van der Waals surface area (Å²) < 4.78 is 0. The Balaban J connectivity index is 0.000000221. The van der Waals surface area contributed by atoms with E-state index in [1.807, 2.05) is 24.1 Å². The van der Waals surface area contributed by atoms with Crippen molar-refractivity contribution in [2.45, 2.75) is 25.8 Å². The maximum absolute atomic E-state index is 11.8. The van der Waals surface area contributed by atoms with Crippen molar-refractivity contribution in [2.75, 3.05) is 20.1 Å². The van der Waals surface area contributed by atoms with Crippen molar-refractivity contribution in [3.05, 3.63) is 75.4 Å². The minimum Gasteiger partial charge on any atom is -0.373 e. The smallest absolute Gasteiger partial charge is 0.220 e. The first kappa shape index (κ1) is 19.8. The van der Waals surface area contributed by atoms with Crippen LogP contribution < -0.4 is 0 Å². The average molecular weight is 403 g/mol. The number of amides is 1. The fourth-order valence-electron chi connectivity index (χ4n) is 3.56. The highest BCUT2D eigenvalue weighted by atomic mass is 35.5. The van der Waals surface area contributed by atoms with E-state index in [2.05, 4.69) is 35.2 Å². The predicted octanol–water partition coefficient (Wildman–Crippen LogP) is 5.65. The Labute approximate surface area is 171 Å². The molecule has 0 spiro atoms. The number of halogens is 2. The number of carbonyl (C=O) groups excluding carboxylic acids is 1. The van der Waals surface area contributed by atoms with Gasteiger partial charge in [-0.05, 0) is 42.2 Å². The van der Waals surface area contributed by atoms with Crippen LogP contribution in [-0.4, -0.2) is 35.8 Å². The normalized spacial score (nSPS) is 17.7. The molecular weight excluding hydrogens is 379 g/mol. The van der Waals surface area contributed by atoms with Gasteiger partial charge in [0, 0.05) is 32.8 Å². The standard InChI is InChI=1S/C16H20N2O.C6H4Cl2/c1-12(19)17(2)16-14-8-4-3-7-13(14)11-15(16)18-9-5-6-10-18;7-5-3-1-2-4-6(5)8/h3-4,7-8,11,16H,5-6,9-10H2,1-2H3;1-4H. The second-order valence-corrected chi connectivity index (χ2v) is 7.65. The summed E-state index contributed by atoms with van der Waals surface area (Å²) >= 11 is 11.2. The first-order valence-electron chi connectivity index (χ1n) is 9.18. The van der Waals surface area contributed by atoms with Gasteiger partial charge >= 0.3 is 0 Å². The maximum Gasteiger partial charge on any atom is 0.220 e. The van der Waals surface area contributed by atoms with Gasteiger partial charge in [-0.2, -0.15) is 0 Å². The zero-order chi connectivity index (χ0) is 19.4. The van der Waals surface area contributed by atoms with Crippen LogP contribution in [0.15, 0.2) is 54.2 Å². The molecule has 2 aromatic rings. The van der Waals surface area contributed by atoms with E-state index >= 15 is 0 Å². The molecular formula is C22H24Cl2N2O. The minimum absolute atomic E-state index is 0.0896. The van der Waals surface area contributed by atoms with Crippen LogP contribution in [-0.2, 0) is 4.79 Å². The monoisotopic (exact) mass is 402 g/mol. The second kappa shape index (κ2) is 8.81. The number of nitrogens with zero attached hydrogens (tertiary/aromatic N) is 2. The number of benzene rings is 2. The first-order chi connectivity index (χ1) is 13.0. The molecule has 5 heteroatoms. The highest BCUT2D eigenvalue weighted by Crippen LogP contribution is 2.40. The lowest BCUT2D eigenvalue weighted by Gasteiger charge is -2.32. The van der Waals surface area contributed by atoms with E-state index in [0.717, 1.165) is 13.1 Å². The number of rotatable bonds is 2. The lowest BCUT2D eigenvalue weighted by atomic mass is 10.0. The summed E-state index contributed by atoms with van der Waals surface area (Å²) in [7, 11) is 1.90. The molecule has 142 valence electrons. The fraction of sp³-hybridized carbons (Fsp3) is 0.318. The number of fused-ring (bicyclic) bond motifs is 1. The maximum atomic E-state index is 11.8. The first-order valence-corrected chi connectivity index (χ1v) is 9.93. The Morgan fingerprint density at radius 2 is 1.56 bits per heavy atom. The molecule has 4 rings (SSSR count). The largest absolute Gasteiger partial charge is 0.373 e. The minimum atomic E-state index is 0.0896. The summed E-state index contributed by atoms with van der Waals surface area (Å²) in [6.07, 6.45) is 4.76. The molecule has 0 bridgehead atoms. The Morgan fingerprint density at radius 1 is 1.00 bits per heavy atom. The van der Waals surface area contributed by atoms with E-state index in [1.54, 1.807) is 19.1 Å². The molecule has 1 unspecified atom stereocenters. The zero-order valence-electron chi connectivity index (χ0n) is 15.7. The summed E-state index contributed by atoms with van der Waals surface area (Å²) in [6, 6.07) is 15.7. The van der Waals surface area contributed by atoms with Crippen molar-refractivity contribution < 1.29 is 4.79 Å². The number of likely N-dealkylation sites (N-methyl/N-ethyl adjacent to an activating group) is 1. The molecule has 0 N–H and O–H groups in total. The second-order valence-electron chi connectivity index (χ2n) is 6.84. The molecule has 0 saturated carbocycles. The Kier molecular flexibility index (Phi) is 6.46. The Morgan fingerprint density at radius 3 is 2.11 bits per heavy atom. The molecule has 3 nitrogen and oxygen atoms in total. The summed E-state index contributed by atoms with van der Waals surface area (Å²) in [4.78, 5) is 16.1. The zero-order valence-corrected chi connectivity index (χ0v) is 17.2. The molecule has 1 saturated heterocycles. The third kappa shape index (κ3) is 4.48. The van der Waals surface area contributed by atoms with E-state index in [4.69, 9.17) is 23.2 Å². The van der Waals surface area contributed by atoms with E-state index in [1.165, 1.54) is 29.7 Å². The molecule has 1 amide bonds. The van der Waals surface area contributed by atoms with Gasteiger partial charge in [0.2, 0.25) is 5.91 Å².